The maximum absolute atomic E-state index is 11.9. The summed E-state index contributed by atoms with van der Waals surface area (Å²) >= 11 is 5.27. The van der Waals surface area contributed by atoms with Gasteiger partial charge in [0.25, 0.3) is 6.08 Å². The molecule has 0 unspecified atom stereocenters. The van der Waals surface area contributed by atoms with Crippen LogP contribution in [0, 0.1) is 0 Å². The maximum atomic E-state index is 11.9. The van der Waals surface area contributed by atoms with Crippen molar-refractivity contribution in [3.8, 4) is 0 Å². The Morgan fingerprint density at radius 1 is 1.09 bits per heavy atom. The van der Waals surface area contributed by atoms with Crippen molar-refractivity contribution in [1.82, 2.24) is 0 Å². The Morgan fingerprint density at radius 2 is 1.64 bits per heavy atom. The first-order chi connectivity index (χ1) is 5.22. The van der Waals surface area contributed by atoms with Gasteiger partial charge in [0.05, 0.1) is 0 Å². The first-order valence-corrected chi connectivity index (χ1v) is 3.36. The van der Waals surface area contributed by atoms with E-state index in [1.54, 1.807) is 18.2 Å². The van der Waals surface area contributed by atoms with E-state index in [-0.39, 0.29) is 0 Å². The van der Waals surface area contributed by atoms with Gasteiger partial charge in [-0.1, -0.05) is 41.9 Å². The normalized spacial score (nSPS) is 9.36. The largest absolute Gasteiger partial charge is 0.289 e. The van der Waals surface area contributed by atoms with Gasteiger partial charge in [0.15, 0.2) is 0 Å². The van der Waals surface area contributed by atoms with Gasteiger partial charge >= 0.3 is 0 Å². The molecule has 0 amide bonds. The second kappa shape index (κ2) is 3.49. The summed E-state index contributed by atoms with van der Waals surface area (Å²) in [6, 6.07) is 8.11. The van der Waals surface area contributed by atoms with Crippen molar-refractivity contribution in [3.63, 3.8) is 0 Å². The molecule has 0 aliphatic heterocycles. The summed E-state index contributed by atoms with van der Waals surface area (Å²) in [7, 11) is 0. The van der Waals surface area contributed by atoms with Crippen LogP contribution in [-0.4, -0.2) is 0 Å². The molecule has 0 aliphatic rings. The monoisotopic (exact) mass is 174 g/mol. The van der Waals surface area contributed by atoms with Crippen LogP contribution in [0.4, 0.5) is 8.78 Å². The van der Waals surface area contributed by atoms with Gasteiger partial charge in [-0.15, -0.1) is 0 Å². The number of halogens is 3. The van der Waals surface area contributed by atoms with Crippen LogP contribution in [-0.2, 0) is 0 Å². The number of rotatable bonds is 1. The highest BCUT2D eigenvalue weighted by Gasteiger charge is 2.03. The Bertz CT molecular complexity index is 263. The fourth-order valence-electron chi connectivity index (χ4n) is 0.694. The van der Waals surface area contributed by atoms with E-state index in [1.165, 1.54) is 12.1 Å². The first-order valence-electron chi connectivity index (χ1n) is 2.98. The summed E-state index contributed by atoms with van der Waals surface area (Å²) < 4.78 is 23.7. The number of benzene rings is 1. The lowest BCUT2D eigenvalue weighted by Crippen LogP contribution is -1.75. The van der Waals surface area contributed by atoms with Gasteiger partial charge in [0.2, 0.25) is 0 Å². The summed E-state index contributed by atoms with van der Waals surface area (Å²) in [6.45, 7) is 0. The molecule has 0 aromatic heterocycles. The highest BCUT2D eigenvalue weighted by molar-refractivity contribution is 6.48. The summed E-state index contributed by atoms with van der Waals surface area (Å²) in [5, 5.41) is -0.481. The van der Waals surface area contributed by atoms with Crippen molar-refractivity contribution in [2.24, 2.45) is 0 Å². The summed E-state index contributed by atoms with van der Waals surface area (Å²) in [6.07, 6.45) is -1.85. The average Bonchev–Trinajstić information content (AvgIpc) is 2.05. The van der Waals surface area contributed by atoms with E-state index < -0.39 is 11.1 Å². The number of hydrogen-bond acceptors (Lipinski definition) is 0. The molecule has 0 heterocycles. The lowest BCUT2D eigenvalue weighted by molar-refractivity contribution is 0.428. The zero-order valence-electron chi connectivity index (χ0n) is 5.52. The van der Waals surface area contributed by atoms with Crippen molar-refractivity contribution in [2.75, 3.05) is 0 Å². The van der Waals surface area contributed by atoms with Gasteiger partial charge in [-0.25, -0.2) is 0 Å². The van der Waals surface area contributed by atoms with Crippen molar-refractivity contribution < 1.29 is 8.78 Å². The maximum Gasteiger partial charge on any atom is 0.289 e. The molecule has 1 aromatic rings. The quantitative estimate of drug-likeness (QED) is 0.612. The molecule has 0 spiro atoms. The summed E-state index contributed by atoms with van der Waals surface area (Å²) in [5.41, 5.74) is 0.342. The van der Waals surface area contributed by atoms with E-state index in [4.69, 9.17) is 11.6 Å². The Labute approximate surface area is 68.1 Å². The second-order valence-corrected chi connectivity index (χ2v) is 2.32. The molecule has 1 rings (SSSR count). The van der Waals surface area contributed by atoms with E-state index in [9.17, 15) is 8.78 Å². The molecule has 0 fully saturated rings. The van der Waals surface area contributed by atoms with Crippen LogP contribution in [0.25, 0.3) is 5.03 Å². The Balaban J connectivity index is 3.04. The molecule has 0 saturated carbocycles. The van der Waals surface area contributed by atoms with Crippen LogP contribution in [0.3, 0.4) is 0 Å². The first kappa shape index (κ1) is 8.21. The molecule has 3 heteroatoms. The average molecular weight is 175 g/mol. The smallest absolute Gasteiger partial charge is 0.172 e. The fraction of sp³-hybridized carbons (Fsp3) is 0. The van der Waals surface area contributed by atoms with E-state index >= 15 is 0 Å². The van der Waals surface area contributed by atoms with Gasteiger partial charge in [-0.05, 0) is 5.56 Å². The van der Waals surface area contributed by atoms with Crippen molar-refractivity contribution >= 4 is 16.6 Å². The van der Waals surface area contributed by atoms with Crippen LogP contribution >= 0.6 is 11.6 Å². The SMILES string of the molecule is FC(F)=C(Cl)c1ccccc1. The van der Waals surface area contributed by atoms with Crippen LogP contribution in [0.15, 0.2) is 36.4 Å². The van der Waals surface area contributed by atoms with E-state index in [0.29, 0.717) is 5.56 Å². The van der Waals surface area contributed by atoms with Gasteiger partial charge in [-0.3, -0.25) is 0 Å². The minimum atomic E-state index is -1.85. The van der Waals surface area contributed by atoms with E-state index in [2.05, 4.69) is 0 Å². The van der Waals surface area contributed by atoms with Gasteiger partial charge in [-0.2, -0.15) is 8.78 Å². The Kier molecular flexibility index (Phi) is 2.60. The topological polar surface area (TPSA) is 0 Å². The number of hydrogen-bond donors (Lipinski definition) is 0. The van der Waals surface area contributed by atoms with Crippen LogP contribution in [0.1, 0.15) is 5.56 Å². The molecular weight excluding hydrogens is 170 g/mol. The Hall–Kier alpha value is -0.890. The molecule has 0 saturated heterocycles. The molecule has 0 nitrogen and oxygen atoms in total. The third-order valence-electron chi connectivity index (χ3n) is 1.19. The molecule has 0 N–H and O–H groups in total. The van der Waals surface area contributed by atoms with Crippen LogP contribution < -0.4 is 0 Å². The third-order valence-corrected chi connectivity index (χ3v) is 1.55. The van der Waals surface area contributed by atoms with Gasteiger partial charge in [0.1, 0.15) is 5.03 Å². The Morgan fingerprint density at radius 3 is 2.09 bits per heavy atom. The molecular formula is C8H5ClF2. The molecule has 1 aromatic carbocycles. The predicted octanol–water partition coefficient (Wildman–Crippen LogP) is 3.49. The van der Waals surface area contributed by atoms with E-state index in [0.717, 1.165) is 0 Å². The van der Waals surface area contributed by atoms with Crippen molar-refractivity contribution in [2.45, 2.75) is 0 Å². The highest BCUT2D eigenvalue weighted by atomic mass is 35.5. The molecule has 0 bridgehead atoms. The van der Waals surface area contributed by atoms with Gasteiger partial charge < -0.3 is 0 Å². The highest BCUT2D eigenvalue weighted by Crippen LogP contribution is 2.23. The lowest BCUT2D eigenvalue weighted by atomic mass is 10.2. The van der Waals surface area contributed by atoms with Crippen molar-refractivity contribution in [3.05, 3.63) is 42.0 Å². The van der Waals surface area contributed by atoms with Crippen LogP contribution in [0.2, 0.25) is 0 Å². The summed E-state index contributed by atoms with van der Waals surface area (Å²) in [5.74, 6) is 0. The van der Waals surface area contributed by atoms with Crippen molar-refractivity contribution in [1.29, 1.82) is 0 Å². The predicted molar refractivity (Wildman–Crippen MR) is 41.4 cm³/mol. The fourth-order valence-corrected chi connectivity index (χ4v) is 0.820. The summed E-state index contributed by atoms with van der Waals surface area (Å²) in [4.78, 5) is 0. The molecule has 0 aliphatic carbocycles. The van der Waals surface area contributed by atoms with Crippen LogP contribution in [0.5, 0.6) is 0 Å². The lowest BCUT2D eigenvalue weighted by Gasteiger charge is -1.94. The zero-order valence-corrected chi connectivity index (χ0v) is 6.28. The minimum absolute atomic E-state index is 0.342. The molecule has 0 radical (unpaired) electrons. The molecule has 0 atom stereocenters. The van der Waals surface area contributed by atoms with Gasteiger partial charge in [0, 0.05) is 0 Å². The molecule has 11 heavy (non-hydrogen) atoms. The van der Waals surface area contributed by atoms with E-state index in [1.807, 2.05) is 0 Å². The standard InChI is InChI=1S/C8H5ClF2/c9-7(8(10)11)6-4-2-1-3-5-6/h1-5H. The zero-order chi connectivity index (χ0) is 8.27. The third kappa shape index (κ3) is 2.02. The molecule has 58 valence electrons. The second-order valence-electron chi connectivity index (χ2n) is 1.94. The minimum Gasteiger partial charge on any atom is -0.172 e.